The predicted octanol–water partition coefficient (Wildman–Crippen LogP) is 3.02. The molecule has 2 atom stereocenters. The maximum atomic E-state index is 12.5. The maximum Gasteiger partial charge on any atom is 0.387 e. The van der Waals surface area contributed by atoms with Crippen molar-refractivity contribution in [2.45, 2.75) is 38.5 Å². The van der Waals surface area contributed by atoms with Gasteiger partial charge in [0.2, 0.25) is 0 Å². The molecule has 3 nitrogen and oxygen atoms in total. The Hall–Kier alpha value is -1.20. The molecular formula is C15H22F2N2O. The van der Waals surface area contributed by atoms with Crippen molar-refractivity contribution in [1.29, 1.82) is 0 Å². The Bertz CT molecular complexity index is 438. The average molecular weight is 284 g/mol. The van der Waals surface area contributed by atoms with Crippen LogP contribution in [-0.2, 0) is 0 Å². The van der Waals surface area contributed by atoms with E-state index in [-0.39, 0.29) is 11.8 Å². The smallest absolute Gasteiger partial charge is 0.387 e. The minimum absolute atomic E-state index is 0.0147. The molecule has 1 fully saturated rings. The molecule has 5 heteroatoms. The van der Waals surface area contributed by atoms with Gasteiger partial charge in [0, 0.05) is 24.2 Å². The third-order valence-electron chi connectivity index (χ3n) is 4.13. The Labute approximate surface area is 118 Å². The van der Waals surface area contributed by atoms with E-state index >= 15 is 0 Å². The Kier molecular flexibility index (Phi) is 4.94. The van der Waals surface area contributed by atoms with E-state index in [9.17, 15) is 8.78 Å². The van der Waals surface area contributed by atoms with Crippen molar-refractivity contribution in [1.82, 2.24) is 4.90 Å². The first-order valence-electron chi connectivity index (χ1n) is 7.00. The standard InChI is InChI=1S/C15H22F2N2O/c1-10(19(2)13(9-18)11-7-8-11)12-5-3-4-6-14(12)20-15(16)17/h3-6,10-11,13,15H,7-9,18H2,1-2H3. The van der Waals surface area contributed by atoms with Crippen molar-refractivity contribution in [3.63, 3.8) is 0 Å². The molecule has 0 spiro atoms. The molecule has 1 aliphatic rings. The van der Waals surface area contributed by atoms with Crippen LogP contribution in [0, 0.1) is 5.92 Å². The van der Waals surface area contributed by atoms with Gasteiger partial charge in [-0.2, -0.15) is 8.78 Å². The van der Waals surface area contributed by atoms with Crippen molar-refractivity contribution in [2.24, 2.45) is 11.7 Å². The van der Waals surface area contributed by atoms with E-state index in [0.717, 1.165) is 5.56 Å². The molecule has 1 saturated carbocycles. The van der Waals surface area contributed by atoms with Crippen LogP contribution in [0.3, 0.4) is 0 Å². The number of rotatable bonds is 7. The predicted molar refractivity (Wildman–Crippen MR) is 74.8 cm³/mol. The SMILES string of the molecule is CC(c1ccccc1OC(F)F)N(C)C(CN)C1CC1. The van der Waals surface area contributed by atoms with Gasteiger partial charge in [0.15, 0.2) is 0 Å². The monoisotopic (exact) mass is 284 g/mol. The largest absolute Gasteiger partial charge is 0.434 e. The number of ether oxygens (including phenoxy) is 1. The zero-order valence-corrected chi connectivity index (χ0v) is 11.9. The highest BCUT2D eigenvalue weighted by atomic mass is 19.3. The molecule has 0 aliphatic heterocycles. The van der Waals surface area contributed by atoms with Gasteiger partial charge < -0.3 is 10.5 Å². The lowest BCUT2D eigenvalue weighted by Gasteiger charge is -2.33. The molecule has 20 heavy (non-hydrogen) atoms. The van der Waals surface area contributed by atoms with E-state index < -0.39 is 6.61 Å². The summed E-state index contributed by atoms with van der Waals surface area (Å²) in [5.41, 5.74) is 6.63. The average Bonchev–Trinajstić information content (AvgIpc) is 3.23. The third-order valence-corrected chi connectivity index (χ3v) is 4.13. The number of alkyl halides is 2. The van der Waals surface area contributed by atoms with Crippen molar-refractivity contribution < 1.29 is 13.5 Å². The van der Waals surface area contributed by atoms with Crippen molar-refractivity contribution in [2.75, 3.05) is 13.6 Å². The van der Waals surface area contributed by atoms with Gasteiger partial charge in [0.05, 0.1) is 0 Å². The fourth-order valence-corrected chi connectivity index (χ4v) is 2.71. The van der Waals surface area contributed by atoms with Gasteiger partial charge in [-0.1, -0.05) is 18.2 Å². The Balaban J connectivity index is 2.16. The first kappa shape index (κ1) is 15.2. The van der Waals surface area contributed by atoms with Crippen LogP contribution >= 0.6 is 0 Å². The number of nitrogens with zero attached hydrogens (tertiary/aromatic N) is 1. The van der Waals surface area contributed by atoms with Crippen LogP contribution in [0.1, 0.15) is 31.4 Å². The lowest BCUT2D eigenvalue weighted by Crippen LogP contribution is -2.41. The Morgan fingerprint density at radius 2 is 2.00 bits per heavy atom. The van der Waals surface area contributed by atoms with Gasteiger partial charge in [0.1, 0.15) is 5.75 Å². The quantitative estimate of drug-likeness (QED) is 0.836. The molecule has 0 bridgehead atoms. The minimum Gasteiger partial charge on any atom is -0.434 e. The molecular weight excluding hydrogens is 262 g/mol. The summed E-state index contributed by atoms with van der Waals surface area (Å²) in [7, 11) is 2.00. The summed E-state index contributed by atoms with van der Waals surface area (Å²) in [5, 5.41) is 0. The summed E-state index contributed by atoms with van der Waals surface area (Å²) >= 11 is 0. The highest BCUT2D eigenvalue weighted by molar-refractivity contribution is 5.35. The highest BCUT2D eigenvalue weighted by Crippen LogP contribution is 2.38. The molecule has 0 amide bonds. The molecule has 112 valence electrons. The number of para-hydroxylation sites is 1. The maximum absolute atomic E-state index is 12.5. The molecule has 1 aromatic carbocycles. The van der Waals surface area contributed by atoms with E-state index in [4.69, 9.17) is 5.73 Å². The van der Waals surface area contributed by atoms with Crippen LogP contribution in [-0.4, -0.2) is 31.1 Å². The second kappa shape index (κ2) is 6.50. The minimum atomic E-state index is -2.80. The van der Waals surface area contributed by atoms with E-state index in [2.05, 4.69) is 9.64 Å². The second-order valence-corrected chi connectivity index (χ2v) is 5.40. The van der Waals surface area contributed by atoms with Crippen LogP contribution < -0.4 is 10.5 Å². The van der Waals surface area contributed by atoms with Crippen molar-refractivity contribution in [3.05, 3.63) is 29.8 Å². The third kappa shape index (κ3) is 3.46. The summed E-state index contributed by atoms with van der Waals surface area (Å²) in [6, 6.07) is 7.24. The lowest BCUT2D eigenvalue weighted by atomic mass is 10.0. The fourth-order valence-electron chi connectivity index (χ4n) is 2.71. The van der Waals surface area contributed by atoms with Gasteiger partial charge in [-0.3, -0.25) is 4.90 Å². The van der Waals surface area contributed by atoms with Crippen molar-refractivity contribution >= 4 is 0 Å². The van der Waals surface area contributed by atoms with Crippen LogP contribution in [0.25, 0.3) is 0 Å². The zero-order valence-electron chi connectivity index (χ0n) is 11.9. The second-order valence-electron chi connectivity index (χ2n) is 5.40. The Morgan fingerprint density at radius 1 is 1.35 bits per heavy atom. The van der Waals surface area contributed by atoms with Crippen LogP contribution in [0.2, 0.25) is 0 Å². The zero-order chi connectivity index (χ0) is 14.7. The summed E-state index contributed by atoms with van der Waals surface area (Å²) in [6.07, 6.45) is 2.40. The van der Waals surface area contributed by atoms with Crippen LogP contribution in [0.5, 0.6) is 5.75 Å². The first-order chi connectivity index (χ1) is 9.54. The van der Waals surface area contributed by atoms with Crippen LogP contribution in [0.15, 0.2) is 24.3 Å². The number of halogens is 2. The molecule has 0 aromatic heterocycles. The molecule has 2 N–H and O–H groups in total. The summed E-state index contributed by atoms with van der Waals surface area (Å²) in [5.74, 6) is 0.879. The molecule has 2 rings (SSSR count). The van der Waals surface area contributed by atoms with E-state index in [0.29, 0.717) is 18.5 Å². The number of hydrogen-bond acceptors (Lipinski definition) is 3. The molecule has 0 saturated heterocycles. The van der Waals surface area contributed by atoms with Gasteiger partial charge >= 0.3 is 6.61 Å². The van der Waals surface area contributed by atoms with E-state index in [1.165, 1.54) is 12.8 Å². The molecule has 1 aromatic rings. The molecule has 0 heterocycles. The van der Waals surface area contributed by atoms with E-state index in [1.54, 1.807) is 12.1 Å². The van der Waals surface area contributed by atoms with Gasteiger partial charge in [-0.05, 0) is 38.8 Å². The van der Waals surface area contributed by atoms with Crippen LogP contribution in [0.4, 0.5) is 8.78 Å². The summed E-state index contributed by atoms with van der Waals surface area (Å²) < 4.78 is 29.6. The summed E-state index contributed by atoms with van der Waals surface area (Å²) in [4.78, 5) is 2.17. The molecule has 1 aliphatic carbocycles. The molecule has 2 unspecified atom stereocenters. The number of hydrogen-bond donors (Lipinski definition) is 1. The van der Waals surface area contributed by atoms with Gasteiger partial charge in [-0.25, -0.2) is 0 Å². The fraction of sp³-hybridized carbons (Fsp3) is 0.600. The summed E-state index contributed by atoms with van der Waals surface area (Å²) in [6.45, 7) is -0.218. The van der Waals surface area contributed by atoms with Crippen molar-refractivity contribution in [3.8, 4) is 5.75 Å². The van der Waals surface area contributed by atoms with E-state index in [1.807, 2.05) is 26.1 Å². The number of likely N-dealkylation sites (N-methyl/N-ethyl adjacent to an activating group) is 1. The van der Waals surface area contributed by atoms with Gasteiger partial charge in [-0.15, -0.1) is 0 Å². The highest BCUT2D eigenvalue weighted by Gasteiger charge is 2.35. The number of benzene rings is 1. The topological polar surface area (TPSA) is 38.5 Å². The Morgan fingerprint density at radius 3 is 2.55 bits per heavy atom. The normalized spacial score (nSPS) is 18.4. The van der Waals surface area contributed by atoms with Gasteiger partial charge in [0.25, 0.3) is 0 Å². The number of nitrogens with two attached hydrogens (primary N) is 1. The lowest BCUT2D eigenvalue weighted by molar-refractivity contribution is -0.0512. The first-order valence-corrected chi connectivity index (χ1v) is 7.00. The molecule has 0 radical (unpaired) electrons.